The van der Waals surface area contributed by atoms with Gasteiger partial charge in [-0.3, -0.25) is 9.59 Å². The molecule has 2 aromatic rings. The summed E-state index contributed by atoms with van der Waals surface area (Å²) in [5.74, 6) is -0.177. The monoisotopic (exact) mass is 539 g/mol. The smallest absolute Gasteiger partial charge is 0.367 e. The molecule has 2 aliphatic rings. The first-order valence-corrected chi connectivity index (χ1v) is 13.8. The number of aromatic nitrogens is 2. The van der Waals surface area contributed by atoms with Gasteiger partial charge in [0.1, 0.15) is 0 Å². The second kappa shape index (κ2) is 10.3. The Balaban J connectivity index is 1.58. The third-order valence-corrected chi connectivity index (χ3v) is 7.50. The molecular formula is C24H28F3N5O4S. The van der Waals surface area contributed by atoms with Gasteiger partial charge in [0.05, 0.1) is 12.1 Å². The minimum absolute atomic E-state index is 0.0237. The van der Waals surface area contributed by atoms with Crippen molar-refractivity contribution in [1.82, 2.24) is 19.8 Å². The number of amides is 2. The van der Waals surface area contributed by atoms with Gasteiger partial charge in [-0.1, -0.05) is 0 Å². The van der Waals surface area contributed by atoms with Gasteiger partial charge in [-0.25, -0.2) is 18.4 Å². The number of carbonyl (C=O) groups is 2. The fourth-order valence-electron chi connectivity index (χ4n) is 4.70. The fourth-order valence-corrected chi connectivity index (χ4v) is 5.18. The van der Waals surface area contributed by atoms with Gasteiger partial charge in [0.15, 0.2) is 0 Å². The number of rotatable bonds is 5. The number of carbonyl (C=O) groups excluding carboxylic acids is 2. The van der Waals surface area contributed by atoms with Crippen LogP contribution in [0.3, 0.4) is 0 Å². The predicted molar refractivity (Wildman–Crippen MR) is 129 cm³/mol. The maximum Gasteiger partial charge on any atom is 0.416 e. The van der Waals surface area contributed by atoms with Gasteiger partial charge in [-0.05, 0) is 38.0 Å². The van der Waals surface area contributed by atoms with Crippen molar-refractivity contribution < 1.29 is 31.2 Å². The van der Waals surface area contributed by atoms with Crippen molar-refractivity contribution in [3.05, 3.63) is 36.2 Å². The average molecular weight is 540 g/mol. The lowest BCUT2D eigenvalue weighted by molar-refractivity contribution is -0.143. The standard InChI is InChI=1S/C24H28F3N5O4S/c1-16-14-30(9-10-32(16)22(34)15-31-8-4-3-5-21(31)33)20-7-6-18(24(25,26)27)11-19(20)17-12-28-23(29-13-17)37(2,35)36/h6-7,11-13,16H,3-5,8-10,14-15H2,1-2H3. The van der Waals surface area contributed by atoms with Gasteiger partial charge >= 0.3 is 6.18 Å². The normalized spacial score (nSPS) is 19.3. The van der Waals surface area contributed by atoms with E-state index in [9.17, 15) is 31.2 Å². The molecule has 0 radical (unpaired) electrons. The van der Waals surface area contributed by atoms with Gasteiger partial charge in [0.25, 0.3) is 0 Å². The van der Waals surface area contributed by atoms with Gasteiger partial charge < -0.3 is 14.7 Å². The summed E-state index contributed by atoms with van der Waals surface area (Å²) in [6, 6.07) is 3.12. The number of hydrogen-bond donors (Lipinski definition) is 0. The molecule has 2 aliphatic heterocycles. The van der Waals surface area contributed by atoms with Crippen molar-refractivity contribution in [2.24, 2.45) is 0 Å². The van der Waals surface area contributed by atoms with Crippen LogP contribution in [0.25, 0.3) is 11.1 Å². The number of hydrogen-bond acceptors (Lipinski definition) is 7. The van der Waals surface area contributed by atoms with Crippen molar-refractivity contribution in [2.75, 3.05) is 43.9 Å². The minimum Gasteiger partial charge on any atom is -0.367 e. The topological polar surface area (TPSA) is 104 Å². The molecule has 4 rings (SSSR count). The molecule has 1 unspecified atom stereocenters. The van der Waals surface area contributed by atoms with Crippen LogP contribution in [0.5, 0.6) is 0 Å². The largest absolute Gasteiger partial charge is 0.416 e. The maximum atomic E-state index is 13.5. The van der Waals surface area contributed by atoms with Crippen LogP contribution in [0.4, 0.5) is 18.9 Å². The Morgan fingerprint density at radius 2 is 1.81 bits per heavy atom. The van der Waals surface area contributed by atoms with E-state index < -0.39 is 26.7 Å². The number of alkyl halides is 3. The van der Waals surface area contributed by atoms with E-state index in [1.807, 2.05) is 11.8 Å². The molecule has 0 spiro atoms. The fraction of sp³-hybridized carbons (Fsp3) is 0.500. The molecule has 2 fully saturated rings. The second-order valence-corrected chi connectivity index (χ2v) is 11.3. The number of benzene rings is 1. The summed E-state index contributed by atoms with van der Waals surface area (Å²) in [6.45, 7) is 3.51. The Kier molecular flexibility index (Phi) is 7.45. The van der Waals surface area contributed by atoms with Crippen LogP contribution in [0, 0.1) is 0 Å². The Morgan fingerprint density at radius 3 is 2.41 bits per heavy atom. The van der Waals surface area contributed by atoms with E-state index in [1.54, 1.807) is 9.80 Å². The highest BCUT2D eigenvalue weighted by molar-refractivity contribution is 7.90. The highest BCUT2D eigenvalue weighted by atomic mass is 32.2. The van der Waals surface area contributed by atoms with Crippen LogP contribution < -0.4 is 4.90 Å². The van der Waals surface area contributed by atoms with Crippen molar-refractivity contribution >= 4 is 27.3 Å². The van der Waals surface area contributed by atoms with E-state index in [4.69, 9.17) is 0 Å². The molecule has 1 aromatic carbocycles. The third kappa shape index (κ3) is 6.03. The first-order valence-electron chi connectivity index (χ1n) is 11.9. The van der Waals surface area contributed by atoms with Crippen LogP contribution in [-0.2, 0) is 25.6 Å². The summed E-state index contributed by atoms with van der Waals surface area (Å²) >= 11 is 0. The summed E-state index contributed by atoms with van der Waals surface area (Å²) in [5, 5.41) is -0.419. The van der Waals surface area contributed by atoms with Gasteiger partial charge in [0, 0.05) is 74.1 Å². The molecule has 0 bridgehead atoms. The van der Waals surface area contributed by atoms with Crippen LogP contribution in [-0.4, -0.2) is 85.0 Å². The molecule has 13 heteroatoms. The predicted octanol–water partition coefficient (Wildman–Crippen LogP) is 2.62. The van der Waals surface area contributed by atoms with Crippen molar-refractivity contribution in [3.8, 4) is 11.1 Å². The summed E-state index contributed by atoms with van der Waals surface area (Å²) in [4.78, 5) is 37.9. The molecular weight excluding hydrogens is 511 g/mol. The van der Waals surface area contributed by atoms with Crippen LogP contribution >= 0.6 is 0 Å². The van der Waals surface area contributed by atoms with Gasteiger partial charge in [-0.15, -0.1) is 0 Å². The maximum absolute atomic E-state index is 13.5. The van der Waals surface area contributed by atoms with Gasteiger partial charge in [0.2, 0.25) is 26.8 Å². The quantitative estimate of drug-likeness (QED) is 0.538. The number of anilines is 1. The molecule has 0 aliphatic carbocycles. The lowest BCUT2D eigenvalue weighted by Gasteiger charge is -2.42. The lowest BCUT2D eigenvalue weighted by atomic mass is 10.0. The molecule has 1 atom stereocenters. The first kappa shape index (κ1) is 26.8. The zero-order chi connectivity index (χ0) is 27.0. The average Bonchev–Trinajstić information content (AvgIpc) is 2.84. The molecule has 3 heterocycles. The Morgan fingerprint density at radius 1 is 1.11 bits per heavy atom. The van der Waals surface area contributed by atoms with E-state index in [1.165, 1.54) is 18.5 Å². The highest BCUT2D eigenvalue weighted by Crippen LogP contribution is 2.38. The highest BCUT2D eigenvalue weighted by Gasteiger charge is 2.34. The molecule has 9 nitrogen and oxygen atoms in total. The zero-order valence-corrected chi connectivity index (χ0v) is 21.3. The Labute approximate surface area is 213 Å². The molecule has 2 amide bonds. The van der Waals surface area contributed by atoms with E-state index in [2.05, 4.69) is 9.97 Å². The lowest BCUT2D eigenvalue weighted by Crippen LogP contribution is -2.56. The number of nitrogens with zero attached hydrogens (tertiary/aromatic N) is 5. The van der Waals surface area contributed by atoms with Crippen molar-refractivity contribution in [3.63, 3.8) is 0 Å². The van der Waals surface area contributed by atoms with E-state index >= 15 is 0 Å². The van der Waals surface area contributed by atoms with E-state index in [-0.39, 0.29) is 35.5 Å². The molecule has 0 N–H and O–H groups in total. The number of sulfone groups is 1. The molecule has 0 saturated carbocycles. The van der Waals surface area contributed by atoms with Crippen molar-refractivity contribution in [1.29, 1.82) is 0 Å². The number of halogens is 3. The Bertz CT molecular complexity index is 1280. The van der Waals surface area contributed by atoms with E-state index in [0.717, 1.165) is 31.2 Å². The minimum atomic E-state index is -4.58. The van der Waals surface area contributed by atoms with Crippen LogP contribution in [0.2, 0.25) is 0 Å². The van der Waals surface area contributed by atoms with Gasteiger partial charge in [-0.2, -0.15) is 13.2 Å². The molecule has 1 aromatic heterocycles. The Hall–Kier alpha value is -3.22. The summed E-state index contributed by atoms with van der Waals surface area (Å²) in [7, 11) is -3.67. The van der Waals surface area contributed by atoms with Crippen LogP contribution in [0.1, 0.15) is 31.7 Å². The molecule has 2 saturated heterocycles. The zero-order valence-electron chi connectivity index (χ0n) is 20.5. The van der Waals surface area contributed by atoms with E-state index in [0.29, 0.717) is 38.3 Å². The third-order valence-electron chi connectivity index (χ3n) is 6.63. The molecule has 200 valence electrons. The molecule has 37 heavy (non-hydrogen) atoms. The number of piperidine rings is 1. The first-order chi connectivity index (χ1) is 17.3. The summed E-state index contributed by atoms with van der Waals surface area (Å²) in [5.41, 5.74) is 0.0874. The SMILES string of the molecule is CC1CN(c2ccc(C(F)(F)F)cc2-c2cnc(S(C)(=O)=O)nc2)CCN1C(=O)CN1CCCCC1=O. The number of likely N-dealkylation sites (tertiary alicyclic amines) is 1. The summed E-state index contributed by atoms with van der Waals surface area (Å²) < 4.78 is 63.9. The summed E-state index contributed by atoms with van der Waals surface area (Å²) in [6.07, 6.45) is 0.904. The van der Waals surface area contributed by atoms with Crippen LogP contribution in [0.15, 0.2) is 35.7 Å². The van der Waals surface area contributed by atoms with Crippen molar-refractivity contribution in [2.45, 2.75) is 43.6 Å². The second-order valence-electron chi connectivity index (χ2n) is 9.41. The number of piperazine rings is 1.